The van der Waals surface area contributed by atoms with Gasteiger partial charge in [-0.3, -0.25) is 4.79 Å². The van der Waals surface area contributed by atoms with Gasteiger partial charge in [-0.2, -0.15) is 0 Å². The van der Waals surface area contributed by atoms with Crippen LogP contribution in [0.15, 0.2) is 65.6 Å². The van der Waals surface area contributed by atoms with Crippen molar-refractivity contribution in [3.05, 3.63) is 72.0 Å². The summed E-state index contributed by atoms with van der Waals surface area (Å²) < 4.78 is 48.1. The minimum absolute atomic E-state index is 0. The molecule has 2 aliphatic rings. The number of rotatable bonds is 5. The highest BCUT2D eigenvalue weighted by atomic mass is 32.2. The van der Waals surface area contributed by atoms with Gasteiger partial charge >= 0.3 is 0 Å². The van der Waals surface area contributed by atoms with Gasteiger partial charge in [0.1, 0.15) is 5.82 Å². The predicted molar refractivity (Wildman–Crippen MR) is 120 cm³/mol. The lowest BCUT2D eigenvalue weighted by atomic mass is 9.94. The molecule has 0 radical (unpaired) electrons. The average molecular weight is 459 g/mol. The molecule has 1 amide bonds. The first-order valence-corrected chi connectivity index (χ1v) is 11.5. The van der Waals surface area contributed by atoms with E-state index in [1.54, 1.807) is 6.07 Å². The molecule has 3 aromatic rings. The smallest absolute Gasteiger partial charge is 0.238 e. The van der Waals surface area contributed by atoms with Crippen LogP contribution in [0.25, 0.3) is 11.1 Å². The van der Waals surface area contributed by atoms with E-state index in [1.807, 2.05) is 12.1 Å². The zero-order chi connectivity index (χ0) is 22.5. The third-order valence-electron chi connectivity index (χ3n) is 5.83. The monoisotopic (exact) mass is 458 g/mol. The highest BCUT2D eigenvalue weighted by molar-refractivity contribution is 7.89. The summed E-state index contributed by atoms with van der Waals surface area (Å²) in [5, 5.41) is 8.01. The number of benzene rings is 3. The number of halogens is 1. The fraction of sp³-hybridized carbons (Fsp3) is 0.174. The molecule has 0 spiro atoms. The Kier molecular flexibility index (Phi) is 4.68. The summed E-state index contributed by atoms with van der Waals surface area (Å²) in [5.41, 5.74) is 1.32. The van der Waals surface area contributed by atoms with Crippen LogP contribution in [0.3, 0.4) is 0 Å². The van der Waals surface area contributed by atoms with E-state index in [2.05, 4.69) is 5.32 Å². The van der Waals surface area contributed by atoms with Crippen LogP contribution in [0.5, 0.6) is 11.5 Å². The second-order valence-electron chi connectivity index (χ2n) is 7.87. The Morgan fingerprint density at radius 3 is 2.41 bits per heavy atom. The number of hydrogen-bond donors (Lipinski definition) is 2. The van der Waals surface area contributed by atoms with Crippen LogP contribution in [0.1, 0.15) is 21.3 Å². The SMILES string of the molecule is NS(=O)(=O)c1ccc(-c2cc(NC(=O)C3(c4ccc5c(c4)OCO5)CC3)ccc2F)cc1.[HH].[HH]. The van der Waals surface area contributed by atoms with Gasteiger partial charge in [0.05, 0.1) is 10.3 Å². The van der Waals surface area contributed by atoms with Gasteiger partial charge in [-0.05, 0) is 66.4 Å². The third kappa shape index (κ3) is 3.59. The lowest BCUT2D eigenvalue weighted by molar-refractivity contribution is -0.118. The van der Waals surface area contributed by atoms with E-state index in [9.17, 15) is 17.6 Å². The Labute approximate surface area is 187 Å². The molecule has 9 heteroatoms. The van der Waals surface area contributed by atoms with Crippen molar-refractivity contribution < 1.29 is 29.9 Å². The topological polar surface area (TPSA) is 108 Å². The Morgan fingerprint density at radius 2 is 1.72 bits per heavy atom. The normalized spacial score (nSPS) is 15.9. The zero-order valence-corrected chi connectivity index (χ0v) is 17.6. The summed E-state index contributed by atoms with van der Waals surface area (Å²) in [6.45, 7) is 0.161. The van der Waals surface area contributed by atoms with Gasteiger partial charge < -0.3 is 14.8 Å². The van der Waals surface area contributed by atoms with E-state index in [4.69, 9.17) is 14.6 Å². The van der Waals surface area contributed by atoms with E-state index in [0.29, 0.717) is 35.6 Å². The van der Waals surface area contributed by atoms with Crippen molar-refractivity contribution in [2.45, 2.75) is 23.2 Å². The molecule has 0 atom stereocenters. The van der Waals surface area contributed by atoms with Gasteiger partial charge in [0.25, 0.3) is 0 Å². The molecule has 3 aromatic carbocycles. The Bertz CT molecular complexity index is 1350. The van der Waals surface area contributed by atoms with Crippen LogP contribution in [-0.4, -0.2) is 21.1 Å². The summed E-state index contributed by atoms with van der Waals surface area (Å²) in [6, 6.07) is 15.3. The fourth-order valence-corrected chi connectivity index (χ4v) is 4.38. The van der Waals surface area contributed by atoms with Crippen LogP contribution in [0, 0.1) is 5.82 Å². The average Bonchev–Trinajstić information content (AvgIpc) is 3.45. The van der Waals surface area contributed by atoms with Crippen LogP contribution in [0.4, 0.5) is 10.1 Å². The Morgan fingerprint density at radius 1 is 1.00 bits per heavy atom. The van der Waals surface area contributed by atoms with Gasteiger partial charge in [0.15, 0.2) is 11.5 Å². The van der Waals surface area contributed by atoms with Crippen LogP contribution >= 0.6 is 0 Å². The number of carbonyl (C=O) groups is 1. The molecular weight excluding hydrogens is 435 g/mol. The number of primary sulfonamides is 1. The number of nitrogens with one attached hydrogen (secondary N) is 1. The number of amides is 1. The van der Waals surface area contributed by atoms with Crippen molar-refractivity contribution in [1.82, 2.24) is 0 Å². The summed E-state index contributed by atoms with van der Waals surface area (Å²) in [4.78, 5) is 13.1. The van der Waals surface area contributed by atoms with E-state index in [1.165, 1.54) is 42.5 Å². The van der Waals surface area contributed by atoms with Gasteiger partial charge in [-0.25, -0.2) is 17.9 Å². The summed E-state index contributed by atoms with van der Waals surface area (Å²) in [6.07, 6.45) is 1.39. The molecule has 0 unspecified atom stereocenters. The number of ether oxygens (including phenoxy) is 2. The maximum absolute atomic E-state index is 14.5. The maximum atomic E-state index is 14.5. The van der Waals surface area contributed by atoms with Crippen molar-refractivity contribution >= 4 is 21.6 Å². The second kappa shape index (κ2) is 7.32. The number of nitrogens with two attached hydrogens (primary N) is 1. The quantitative estimate of drug-likeness (QED) is 0.600. The van der Waals surface area contributed by atoms with E-state index in [0.717, 1.165) is 5.56 Å². The van der Waals surface area contributed by atoms with Gasteiger partial charge in [0, 0.05) is 14.1 Å². The summed E-state index contributed by atoms with van der Waals surface area (Å²) in [5.74, 6) is 0.594. The molecule has 0 aromatic heterocycles. The molecule has 1 aliphatic heterocycles. The number of hydrogen-bond acceptors (Lipinski definition) is 5. The number of anilines is 1. The highest BCUT2D eigenvalue weighted by Gasteiger charge is 2.51. The molecule has 0 saturated heterocycles. The van der Waals surface area contributed by atoms with Crippen molar-refractivity contribution in [2.75, 3.05) is 12.1 Å². The summed E-state index contributed by atoms with van der Waals surface area (Å²) >= 11 is 0. The second-order valence-corrected chi connectivity index (χ2v) is 9.43. The molecule has 5 rings (SSSR count). The minimum atomic E-state index is -3.84. The number of carbonyl (C=O) groups excluding carboxylic acids is 1. The third-order valence-corrected chi connectivity index (χ3v) is 6.76. The number of fused-ring (bicyclic) bond motifs is 1. The maximum Gasteiger partial charge on any atom is 0.238 e. The molecule has 1 aliphatic carbocycles. The first kappa shape index (κ1) is 20.5. The molecule has 1 saturated carbocycles. The van der Waals surface area contributed by atoms with E-state index >= 15 is 0 Å². The van der Waals surface area contributed by atoms with Crippen molar-refractivity contribution in [2.24, 2.45) is 5.14 Å². The van der Waals surface area contributed by atoms with E-state index in [-0.39, 0.29) is 26.0 Å². The largest absolute Gasteiger partial charge is 0.454 e. The van der Waals surface area contributed by atoms with Crippen molar-refractivity contribution in [3.8, 4) is 22.6 Å². The molecule has 0 bridgehead atoms. The summed E-state index contributed by atoms with van der Waals surface area (Å²) in [7, 11) is -3.84. The van der Waals surface area contributed by atoms with Gasteiger partial charge in [-0.15, -0.1) is 0 Å². The van der Waals surface area contributed by atoms with E-state index < -0.39 is 21.3 Å². The molecule has 3 N–H and O–H groups in total. The van der Waals surface area contributed by atoms with Crippen molar-refractivity contribution in [1.29, 1.82) is 0 Å². The zero-order valence-electron chi connectivity index (χ0n) is 16.8. The lowest BCUT2D eigenvalue weighted by Crippen LogP contribution is -2.27. The Hall–Kier alpha value is -3.43. The predicted octanol–water partition coefficient (Wildman–Crippen LogP) is 4.03. The molecule has 7 nitrogen and oxygen atoms in total. The van der Waals surface area contributed by atoms with Gasteiger partial charge in [0.2, 0.25) is 22.7 Å². The fourth-order valence-electron chi connectivity index (χ4n) is 3.87. The van der Waals surface area contributed by atoms with Crippen LogP contribution in [-0.2, 0) is 20.2 Å². The van der Waals surface area contributed by atoms with Gasteiger partial charge in [-0.1, -0.05) is 18.2 Å². The molecule has 32 heavy (non-hydrogen) atoms. The first-order valence-electron chi connectivity index (χ1n) is 9.91. The number of sulfonamides is 1. The first-order chi connectivity index (χ1) is 15.3. The molecular formula is C23H23FN2O5S. The lowest BCUT2D eigenvalue weighted by Gasteiger charge is -2.17. The molecule has 1 heterocycles. The van der Waals surface area contributed by atoms with Crippen LogP contribution in [0.2, 0.25) is 0 Å². The Balaban J connectivity index is 0.00000162. The van der Waals surface area contributed by atoms with Crippen LogP contribution < -0.4 is 19.9 Å². The standard InChI is InChI=1S/C23H19FN2O5S.2H2/c24-19-7-4-16(12-18(19)14-1-5-17(6-2-14)32(25,28)29)26-22(27)23(9-10-23)15-3-8-20-21(11-15)31-13-30-20;;/h1-8,11-12H,9-10,13H2,(H,26,27)(H2,25,28,29);2*1H. The minimum Gasteiger partial charge on any atom is -0.454 e. The molecule has 168 valence electrons. The molecule has 1 fully saturated rings. The highest BCUT2D eigenvalue weighted by Crippen LogP contribution is 2.51. The van der Waals surface area contributed by atoms with Crippen molar-refractivity contribution in [3.63, 3.8) is 0 Å².